The molecule has 1 atom stereocenters. The van der Waals surface area contributed by atoms with Crippen LogP contribution in [0.3, 0.4) is 0 Å². The Labute approximate surface area is 223 Å². The van der Waals surface area contributed by atoms with Crippen LogP contribution in [0.5, 0.6) is 0 Å². The van der Waals surface area contributed by atoms with E-state index in [-0.39, 0.29) is 35.0 Å². The van der Waals surface area contributed by atoms with Crippen molar-refractivity contribution in [2.45, 2.75) is 19.1 Å². The van der Waals surface area contributed by atoms with E-state index in [2.05, 4.69) is 10.6 Å². The zero-order valence-electron chi connectivity index (χ0n) is 20.7. The van der Waals surface area contributed by atoms with Crippen molar-refractivity contribution in [1.82, 2.24) is 5.32 Å². The van der Waals surface area contributed by atoms with Gasteiger partial charge in [-0.3, -0.25) is 19.3 Å². The Bertz CT molecular complexity index is 1560. The summed E-state index contributed by atoms with van der Waals surface area (Å²) >= 11 is 0. The lowest BCUT2D eigenvalue weighted by Gasteiger charge is -2.37. The van der Waals surface area contributed by atoms with Gasteiger partial charge in [0.2, 0.25) is 0 Å². The summed E-state index contributed by atoms with van der Waals surface area (Å²) in [7, 11) is 0. The highest BCUT2D eigenvalue weighted by Crippen LogP contribution is 2.40. The minimum absolute atomic E-state index is 0.218. The molecule has 0 fully saturated rings. The quantitative estimate of drug-likeness (QED) is 0.339. The Morgan fingerprint density at radius 2 is 1.56 bits per heavy atom. The molecule has 0 bridgehead atoms. The first-order chi connectivity index (χ1) is 18.8. The highest BCUT2D eigenvalue weighted by molar-refractivity contribution is 6.17. The molecule has 3 amide bonds. The maximum absolute atomic E-state index is 14.0. The molecule has 0 radical (unpaired) electrons. The van der Waals surface area contributed by atoms with Crippen molar-refractivity contribution in [3.05, 3.63) is 130 Å². The first-order valence-electron chi connectivity index (χ1n) is 12.2. The number of nitrogens with two attached hydrogens (primary N) is 1. The first-order valence-corrected chi connectivity index (χ1v) is 12.2. The third-order valence-corrected chi connectivity index (χ3v) is 6.41. The van der Waals surface area contributed by atoms with Crippen LogP contribution < -0.4 is 21.3 Å². The third-order valence-electron chi connectivity index (χ3n) is 6.41. The highest BCUT2D eigenvalue weighted by Gasteiger charge is 2.39. The molecule has 1 aliphatic heterocycles. The normalized spacial score (nSPS) is 14.4. The molecule has 0 aliphatic carbocycles. The van der Waals surface area contributed by atoms with Crippen LogP contribution in [0.4, 0.5) is 20.2 Å². The van der Waals surface area contributed by atoms with Gasteiger partial charge in [-0.05, 0) is 47.0 Å². The molecule has 7 nitrogen and oxygen atoms in total. The lowest BCUT2D eigenvalue weighted by Crippen LogP contribution is -2.45. The van der Waals surface area contributed by atoms with E-state index in [1.54, 1.807) is 30.3 Å². The number of halogens is 2. The van der Waals surface area contributed by atoms with E-state index in [0.29, 0.717) is 18.2 Å². The Morgan fingerprint density at radius 1 is 0.846 bits per heavy atom. The van der Waals surface area contributed by atoms with Gasteiger partial charge in [-0.2, -0.15) is 0 Å². The summed E-state index contributed by atoms with van der Waals surface area (Å²) in [6, 6.07) is 22.0. The summed E-state index contributed by atoms with van der Waals surface area (Å²) in [6.07, 6.45) is 0. The summed E-state index contributed by atoms with van der Waals surface area (Å²) in [5.41, 5.74) is 8.51. The predicted octanol–water partition coefficient (Wildman–Crippen LogP) is 4.69. The smallest absolute Gasteiger partial charge is 0.259 e. The summed E-state index contributed by atoms with van der Waals surface area (Å²) < 4.78 is 28.0. The summed E-state index contributed by atoms with van der Waals surface area (Å²) in [5.74, 6) is -3.52. The molecule has 1 aliphatic rings. The van der Waals surface area contributed by atoms with E-state index >= 15 is 0 Å². The molecule has 4 aromatic rings. The van der Waals surface area contributed by atoms with Crippen LogP contribution in [0.25, 0.3) is 0 Å². The van der Waals surface area contributed by atoms with Gasteiger partial charge in [0.15, 0.2) is 0 Å². The Morgan fingerprint density at radius 3 is 2.28 bits per heavy atom. The molecule has 9 heteroatoms. The number of rotatable bonds is 6. The van der Waals surface area contributed by atoms with E-state index in [9.17, 15) is 23.2 Å². The number of nitrogens with one attached hydrogen (secondary N) is 2. The maximum Gasteiger partial charge on any atom is 0.259 e. The summed E-state index contributed by atoms with van der Waals surface area (Å²) in [5, 5.41) is 5.61. The number of hydrogen-bond donors (Lipinski definition) is 3. The average molecular weight is 527 g/mol. The van der Waals surface area contributed by atoms with Crippen LogP contribution in [0.2, 0.25) is 0 Å². The summed E-state index contributed by atoms with van der Waals surface area (Å²) in [6.45, 7) is 0.649. The van der Waals surface area contributed by atoms with Crippen LogP contribution in [-0.2, 0) is 17.9 Å². The van der Waals surface area contributed by atoms with Gasteiger partial charge in [-0.15, -0.1) is 0 Å². The second-order valence-corrected chi connectivity index (χ2v) is 9.07. The monoisotopic (exact) mass is 526 g/mol. The number of fused-ring (bicyclic) bond motifs is 1. The first kappa shape index (κ1) is 25.7. The number of benzene rings is 4. The molecule has 0 saturated carbocycles. The number of anilines is 2. The van der Waals surface area contributed by atoms with Crippen molar-refractivity contribution < 1.29 is 23.2 Å². The van der Waals surface area contributed by atoms with Gasteiger partial charge in [0.1, 0.15) is 17.7 Å². The zero-order chi connectivity index (χ0) is 27.5. The fraction of sp³-hybridized carbons (Fsp3) is 0.100. The van der Waals surface area contributed by atoms with E-state index in [1.807, 2.05) is 24.3 Å². The Hall–Kier alpha value is -4.89. The van der Waals surface area contributed by atoms with Crippen molar-refractivity contribution in [3.63, 3.8) is 0 Å². The number of carbonyl (C=O) groups excluding carboxylic acids is 3. The van der Waals surface area contributed by atoms with Gasteiger partial charge in [-0.25, -0.2) is 8.78 Å². The fourth-order valence-corrected chi connectivity index (χ4v) is 4.57. The summed E-state index contributed by atoms with van der Waals surface area (Å²) in [4.78, 5) is 41.1. The standard InChI is InChI=1S/C30H24F2N4O3/c31-23-12-22(13-24(32)15-23)30(39)36-26-10-9-21(28(37)34-17-19-6-4-5-18(11-19)16-33)14-25(26)35-29(38)27(36)20-7-2-1-3-8-20/h1-15,27H,16-17,33H2,(H,34,37)(H,35,38). The van der Waals surface area contributed by atoms with Gasteiger partial charge in [0, 0.05) is 30.3 Å². The van der Waals surface area contributed by atoms with E-state index in [0.717, 1.165) is 23.3 Å². The molecule has 196 valence electrons. The molecule has 0 saturated heterocycles. The molecule has 0 spiro atoms. The van der Waals surface area contributed by atoms with Crippen molar-refractivity contribution in [1.29, 1.82) is 0 Å². The predicted molar refractivity (Wildman–Crippen MR) is 143 cm³/mol. The van der Waals surface area contributed by atoms with Gasteiger partial charge >= 0.3 is 0 Å². The van der Waals surface area contributed by atoms with Gasteiger partial charge < -0.3 is 16.4 Å². The molecule has 1 unspecified atom stereocenters. The van der Waals surface area contributed by atoms with Crippen LogP contribution in [0, 0.1) is 11.6 Å². The number of hydrogen-bond acceptors (Lipinski definition) is 4. The maximum atomic E-state index is 14.0. The molecule has 4 N–H and O–H groups in total. The second-order valence-electron chi connectivity index (χ2n) is 9.07. The highest BCUT2D eigenvalue weighted by atomic mass is 19.1. The van der Waals surface area contributed by atoms with Crippen molar-refractivity contribution >= 4 is 29.1 Å². The largest absolute Gasteiger partial charge is 0.348 e. The third kappa shape index (κ3) is 5.39. The minimum Gasteiger partial charge on any atom is -0.348 e. The SMILES string of the molecule is NCc1cccc(CNC(=O)c2ccc3c(c2)NC(=O)C(c2ccccc2)N3C(=O)c2cc(F)cc(F)c2)c1. The number of nitrogens with zero attached hydrogens (tertiary/aromatic N) is 1. The van der Waals surface area contributed by atoms with E-state index in [4.69, 9.17) is 5.73 Å². The Balaban J connectivity index is 1.49. The van der Waals surface area contributed by atoms with Crippen molar-refractivity contribution in [3.8, 4) is 0 Å². The molecule has 1 heterocycles. The van der Waals surface area contributed by atoms with Crippen LogP contribution in [0.1, 0.15) is 43.4 Å². The molecule has 4 aromatic carbocycles. The van der Waals surface area contributed by atoms with Gasteiger partial charge in [0.25, 0.3) is 17.7 Å². The molecular weight excluding hydrogens is 502 g/mol. The molecule has 0 aromatic heterocycles. The minimum atomic E-state index is -1.10. The lowest BCUT2D eigenvalue weighted by atomic mass is 9.98. The number of amides is 3. The van der Waals surface area contributed by atoms with Crippen molar-refractivity contribution in [2.24, 2.45) is 5.73 Å². The van der Waals surface area contributed by atoms with E-state index < -0.39 is 29.5 Å². The van der Waals surface area contributed by atoms with Gasteiger partial charge in [0.05, 0.1) is 11.4 Å². The molecule has 39 heavy (non-hydrogen) atoms. The average Bonchev–Trinajstić information content (AvgIpc) is 2.94. The van der Waals surface area contributed by atoms with Crippen LogP contribution in [0.15, 0.2) is 91.0 Å². The number of carbonyl (C=O) groups is 3. The van der Waals surface area contributed by atoms with Crippen molar-refractivity contribution in [2.75, 3.05) is 10.2 Å². The van der Waals surface area contributed by atoms with Crippen LogP contribution >= 0.6 is 0 Å². The Kier molecular flexibility index (Phi) is 7.16. The zero-order valence-corrected chi connectivity index (χ0v) is 20.7. The molecular formula is C30H24F2N4O3. The fourth-order valence-electron chi connectivity index (χ4n) is 4.57. The lowest BCUT2D eigenvalue weighted by molar-refractivity contribution is -0.117. The van der Waals surface area contributed by atoms with E-state index in [1.165, 1.54) is 23.1 Å². The van der Waals surface area contributed by atoms with Crippen LogP contribution in [-0.4, -0.2) is 17.7 Å². The second kappa shape index (κ2) is 10.8. The molecule has 5 rings (SSSR count). The van der Waals surface area contributed by atoms with Gasteiger partial charge in [-0.1, -0.05) is 54.6 Å². The topological polar surface area (TPSA) is 105 Å².